The van der Waals surface area contributed by atoms with Crippen molar-refractivity contribution in [2.45, 2.75) is 26.7 Å². The summed E-state index contributed by atoms with van der Waals surface area (Å²) in [5.41, 5.74) is 0. The van der Waals surface area contributed by atoms with Gasteiger partial charge in [-0.05, 0) is 13.3 Å². The molecule has 1 aromatic rings. The van der Waals surface area contributed by atoms with Crippen LogP contribution in [0.15, 0.2) is 0 Å². The van der Waals surface area contributed by atoms with E-state index in [2.05, 4.69) is 32.5 Å². The Morgan fingerprint density at radius 2 is 1.84 bits per heavy atom. The Morgan fingerprint density at radius 1 is 1.05 bits per heavy atom. The van der Waals surface area contributed by atoms with Crippen molar-refractivity contribution in [3.8, 4) is 6.01 Å². The summed E-state index contributed by atoms with van der Waals surface area (Å²) in [5, 5.41) is 5.96. The average Bonchev–Trinajstić information content (AvgIpc) is 2.43. The standard InChI is InChI=1S/C12H23N5O2/c1-4-6-8-18-9-7-14-11-15-10(13-3)16-12(17-11)19-5-2/h4-9H2,1-3H3,(H2,13,14,15,16,17). The van der Waals surface area contributed by atoms with Crippen LogP contribution in [-0.4, -0.2) is 48.4 Å². The number of rotatable bonds is 10. The van der Waals surface area contributed by atoms with E-state index in [1.807, 2.05) is 6.92 Å². The van der Waals surface area contributed by atoms with Gasteiger partial charge in [0.15, 0.2) is 0 Å². The van der Waals surface area contributed by atoms with Gasteiger partial charge < -0.3 is 20.1 Å². The molecule has 1 rings (SSSR count). The number of aromatic nitrogens is 3. The molecule has 7 heteroatoms. The highest BCUT2D eigenvalue weighted by atomic mass is 16.5. The first-order chi connectivity index (χ1) is 9.30. The van der Waals surface area contributed by atoms with E-state index in [9.17, 15) is 0 Å². The normalized spacial score (nSPS) is 10.3. The summed E-state index contributed by atoms with van der Waals surface area (Å²) in [5.74, 6) is 0.967. The highest BCUT2D eigenvalue weighted by Crippen LogP contribution is 2.10. The zero-order valence-corrected chi connectivity index (χ0v) is 11.9. The van der Waals surface area contributed by atoms with Gasteiger partial charge in [-0.1, -0.05) is 13.3 Å². The fourth-order valence-electron chi connectivity index (χ4n) is 1.32. The van der Waals surface area contributed by atoms with Gasteiger partial charge in [0.25, 0.3) is 0 Å². The number of hydrogen-bond acceptors (Lipinski definition) is 7. The fourth-order valence-corrected chi connectivity index (χ4v) is 1.32. The minimum atomic E-state index is 0.316. The molecule has 0 saturated carbocycles. The molecule has 0 fully saturated rings. The van der Waals surface area contributed by atoms with Crippen molar-refractivity contribution in [1.29, 1.82) is 0 Å². The molecule has 0 aliphatic heterocycles. The van der Waals surface area contributed by atoms with Crippen LogP contribution in [0, 0.1) is 0 Å². The molecule has 0 radical (unpaired) electrons. The number of ether oxygens (including phenoxy) is 2. The van der Waals surface area contributed by atoms with Crippen LogP contribution < -0.4 is 15.4 Å². The number of nitrogens with one attached hydrogen (secondary N) is 2. The van der Waals surface area contributed by atoms with E-state index in [-0.39, 0.29) is 0 Å². The van der Waals surface area contributed by atoms with Crippen molar-refractivity contribution in [2.75, 3.05) is 44.0 Å². The predicted molar refractivity (Wildman–Crippen MR) is 74.8 cm³/mol. The SMILES string of the molecule is CCCCOCCNc1nc(NC)nc(OCC)n1. The summed E-state index contributed by atoms with van der Waals surface area (Å²) >= 11 is 0. The zero-order chi connectivity index (χ0) is 13.9. The summed E-state index contributed by atoms with van der Waals surface area (Å²) in [4.78, 5) is 12.4. The Kier molecular flexibility index (Phi) is 7.57. The number of nitrogens with zero attached hydrogens (tertiary/aromatic N) is 3. The molecule has 0 atom stereocenters. The molecule has 1 aromatic heterocycles. The number of unbranched alkanes of at least 4 members (excludes halogenated alkanes) is 1. The first-order valence-corrected chi connectivity index (χ1v) is 6.68. The van der Waals surface area contributed by atoms with E-state index in [1.54, 1.807) is 7.05 Å². The van der Waals surface area contributed by atoms with E-state index in [0.29, 0.717) is 37.7 Å². The first kappa shape index (κ1) is 15.4. The van der Waals surface area contributed by atoms with Gasteiger partial charge in [-0.15, -0.1) is 0 Å². The van der Waals surface area contributed by atoms with Crippen molar-refractivity contribution >= 4 is 11.9 Å². The monoisotopic (exact) mass is 269 g/mol. The third-order valence-corrected chi connectivity index (χ3v) is 2.28. The van der Waals surface area contributed by atoms with Crippen molar-refractivity contribution in [3.63, 3.8) is 0 Å². The van der Waals surface area contributed by atoms with Crippen molar-refractivity contribution < 1.29 is 9.47 Å². The summed E-state index contributed by atoms with van der Waals surface area (Å²) in [6.45, 7) is 6.62. The molecule has 0 aliphatic carbocycles. The lowest BCUT2D eigenvalue weighted by Crippen LogP contribution is -2.14. The first-order valence-electron chi connectivity index (χ1n) is 6.68. The van der Waals surface area contributed by atoms with Gasteiger partial charge >= 0.3 is 6.01 Å². The molecule has 0 aromatic carbocycles. The highest BCUT2D eigenvalue weighted by molar-refractivity contribution is 5.35. The van der Waals surface area contributed by atoms with Gasteiger partial charge in [0.2, 0.25) is 11.9 Å². The molecule has 2 N–H and O–H groups in total. The lowest BCUT2D eigenvalue weighted by atomic mass is 10.4. The van der Waals surface area contributed by atoms with Crippen LogP contribution in [-0.2, 0) is 4.74 Å². The summed E-state index contributed by atoms with van der Waals surface area (Å²) < 4.78 is 10.7. The van der Waals surface area contributed by atoms with Gasteiger partial charge in [0.05, 0.1) is 13.2 Å². The molecule has 0 unspecified atom stereocenters. The Bertz CT molecular complexity index is 362. The van der Waals surface area contributed by atoms with Crippen LogP contribution in [0.1, 0.15) is 26.7 Å². The zero-order valence-electron chi connectivity index (χ0n) is 11.9. The quantitative estimate of drug-likeness (QED) is 0.623. The third-order valence-electron chi connectivity index (χ3n) is 2.28. The second-order valence-corrected chi connectivity index (χ2v) is 3.84. The van der Waals surface area contributed by atoms with Gasteiger partial charge in [-0.2, -0.15) is 15.0 Å². The number of anilines is 2. The van der Waals surface area contributed by atoms with Crippen molar-refractivity contribution in [2.24, 2.45) is 0 Å². The Hall–Kier alpha value is -1.63. The molecule has 0 bridgehead atoms. The molecule has 108 valence electrons. The molecule has 19 heavy (non-hydrogen) atoms. The highest BCUT2D eigenvalue weighted by Gasteiger charge is 2.05. The molecule has 0 amide bonds. The van der Waals surface area contributed by atoms with Gasteiger partial charge in [-0.25, -0.2) is 0 Å². The van der Waals surface area contributed by atoms with Gasteiger partial charge in [0.1, 0.15) is 0 Å². The number of hydrogen-bond donors (Lipinski definition) is 2. The molecule has 0 spiro atoms. The van der Waals surface area contributed by atoms with E-state index < -0.39 is 0 Å². The molecule has 0 aliphatic rings. The van der Waals surface area contributed by atoms with Crippen molar-refractivity contribution in [3.05, 3.63) is 0 Å². The molecule has 1 heterocycles. The van der Waals surface area contributed by atoms with Crippen LogP contribution in [0.4, 0.5) is 11.9 Å². The topological polar surface area (TPSA) is 81.2 Å². The van der Waals surface area contributed by atoms with Crippen LogP contribution in [0.2, 0.25) is 0 Å². The smallest absolute Gasteiger partial charge is 0.323 e. The second-order valence-electron chi connectivity index (χ2n) is 3.84. The lowest BCUT2D eigenvalue weighted by Gasteiger charge is -2.08. The fraction of sp³-hybridized carbons (Fsp3) is 0.750. The Morgan fingerprint density at radius 3 is 2.53 bits per heavy atom. The minimum Gasteiger partial charge on any atom is -0.464 e. The molecular weight excluding hydrogens is 246 g/mol. The van der Waals surface area contributed by atoms with Crippen LogP contribution in [0.5, 0.6) is 6.01 Å². The van der Waals surface area contributed by atoms with E-state index in [4.69, 9.17) is 9.47 Å². The Labute approximate surface area is 114 Å². The Balaban J connectivity index is 2.41. The van der Waals surface area contributed by atoms with Crippen LogP contribution in [0.3, 0.4) is 0 Å². The van der Waals surface area contributed by atoms with Gasteiger partial charge in [0, 0.05) is 20.2 Å². The van der Waals surface area contributed by atoms with E-state index >= 15 is 0 Å². The minimum absolute atomic E-state index is 0.316. The third kappa shape index (κ3) is 6.19. The average molecular weight is 269 g/mol. The predicted octanol–water partition coefficient (Wildman–Crippen LogP) is 1.54. The molecule has 0 saturated heterocycles. The summed E-state index contributed by atoms with van der Waals surface area (Å²) in [6, 6.07) is 0.316. The lowest BCUT2D eigenvalue weighted by molar-refractivity contribution is 0.141. The maximum absolute atomic E-state index is 5.45. The summed E-state index contributed by atoms with van der Waals surface area (Å²) in [6.07, 6.45) is 2.23. The van der Waals surface area contributed by atoms with Crippen LogP contribution >= 0.6 is 0 Å². The summed E-state index contributed by atoms with van der Waals surface area (Å²) in [7, 11) is 1.75. The van der Waals surface area contributed by atoms with Crippen LogP contribution in [0.25, 0.3) is 0 Å². The van der Waals surface area contributed by atoms with E-state index in [0.717, 1.165) is 19.4 Å². The maximum atomic E-state index is 5.45. The molecular formula is C12H23N5O2. The van der Waals surface area contributed by atoms with Crippen molar-refractivity contribution in [1.82, 2.24) is 15.0 Å². The van der Waals surface area contributed by atoms with Gasteiger partial charge in [-0.3, -0.25) is 0 Å². The van der Waals surface area contributed by atoms with E-state index in [1.165, 1.54) is 0 Å². The second kappa shape index (κ2) is 9.32. The largest absolute Gasteiger partial charge is 0.464 e. The molecule has 7 nitrogen and oxygen atoms in total. The maximum Gasteiger partial charge on any atom is 0.323 e.